The first-order valence-electron chi connectivity index (χ1n) is 11.5. The van der Waals surface area contributed by atoms with Crippen molar-refractivity contribution in [2.24, 2.45) is 0 Å². The van der Waals surface area contributed by atoms with Crippen molar-refractivity contribution < 1.29 is 9.53 Å². The van der Waals surface area contributed by atoms with Gasteiger partial charge in [0.25, 0.3) is 5.56 Å². The van der Waals surface area contributed by atoms with Crippen LogP contribution < -0.4 is 15.6 Å². The van der Waals surface area contributed by atoms with Crippen LogP contribution in [0.3, 0.4) is 0 Å². The quantitative estimate of drug-likeness (QED) is 0.384. The monoisotopic (exact) mass is 522 g/mol. The first-order chi connectivity index (χ1) is 17.5. The van der Waals surface area contributed by atoms with Crippen molar-refractivity contribution in [3.05, 3.63) is 70.6 Å². The van der Waals surface area contributed by atoms with Gasteiger partial charge in [0.15, 0.2) is 0 Å². The second-order valence-corrected chi connectivity index (χ2v) is 10.2. The summed E-state index contributed by atoms with van der Waals surface area (Å²) >= 11 is 3.02. The van der Waals surface area contributed by atoms with E-state index in [0.29, 0.717) is 43.4 Å². The molecule has 3 heterocycles. The number of hydrogen-bond donors (Lipinski definition) is 1. The van der Waals surface area contributed by atoms with E-state index in [1.54, 1.807) is 24.9 Å². The van der Waals surface area contributed by atoms with E-state index in [4.69, 9.17) is 9.72 Å². The standard InChI is InChI=1S/C25H26N6O3S2/c1-34-20-8-6-17(7-9-20)23-28-31-22(32)15-19(27-25(31)36-23)16-29-10-12-30(13-11-29)24(33)26-18-4-3-5-21(14-18)35-2/h3-9,14-15H,10-13,16H2,1-2H3,(H,26,33). The molecule has 36 heavy (non-hydrogen) atoms. The van der Waals surface area contributed by atoms with Crippen LogP contribution in [0.5, 0.6) is 5.75 Å². The molecule has 2 amide bonds. The summed E-state index contributed by atoms with van der Waals surface area (Å²) in [5.41, 5.74) is 2.21. The van der Waals surface area contributed by atoms with Crippen LogP contribution in [-0.2, 0) is 6.54 Å². The molecule has 0 aliphatic carbocycles. The number of benzene rings is 2. The first kappa shape index (κ1) is 24.3. The Balaban J connectivity index is 1.22. The highest BCUT2D eigenvalue weighted by Crippen LogP contribution is 2.26. The predicted molar refractivity (Wildman–Crippen MR) is 143 cm³/mol. The number of aromatic nitrogens is 3. The van der Waals surface area contributed by atoms with Crippen LogP contribution in [0, 0.1) is 0 Å². The SMILES string of the molecule is COc1ccc(-c2nn3c(=O)cc(CN4CCN(C(=O)Nc5cccc(SC)c5)CC4)nc3s2)cc1. The zero-order valence-electron chi connectivity index (χ0n) is 20.0. The smallest absolute Gasteiger partial charge is 0.321 e. The van der Waals surface area contributed by atoms with Crippen LogP contribution in [-0.4, -0.2) is 70.0 Å². The summed E-state index contributed by atoms with van der Waals surface area (Å²) in [7, 11) is 1.62. The molecule has 2 aromatic carbocycles. The number of methoxy groups -OCH3 is 1. The largest absolute Gasteiger partial charge is 0.497 e. The number of carbonyl (C=O) groups is 1. The lowest BCUT2D eigenvalue weighted by Crippen LogP contribution is -2.49. The average Bonchev–Trinajstić information content (AvgIpc) is 3.34. The second kappa shape index (κ2) is 10.7. The Kier molecular flexibility index (Phi) is 7.21. The molecule has 1 aliphatic rings. The molecule has 11 heteroatoms. The molecule has 0 atom stereocenters. The van der Waals surface area contributed by atoms with Gasteiger partial charge in [-0.3, -0.25) is 9.69 Å². The van der Waals surface area contributed by atoms with Crippen LogP contribution in [0.1, 0.15) is 5.69 Å². The maximum absolute atomic E-state index is 12.7. The van der Waals surface area contributed by atoms with E-state index < -0.39 is 0 Å². The lowest BCUT2D eigenvalue weighted by molar-refractivity contribution is 0.142. The molecule has 0 radical (unpaired) electrons. The van der Waals surface area contributed by atoms with Gasteiger partial charge in [0.1, 0.15) is 10.8 Å². The number of hydrogen-bond acceptors (Lipinski definition) is 8. The number of nitrogens with zero attached hydrogens (tertiary/aromatic N) is 5. The highest BCUT2D eigenvalue weighted by Gasteiger charge is 2.22. The molecule has 186 valence electrons. The Bertz CT molecular complexity index is 1430. The van der Waals surface area contributed by atoms with Gasteiger partial charge in [0, 0.05) is 54.9 Å². The molecule has 1 fully saturated rings. The molecule has 1 aliphatic heterocycles. The number of thioether (sulfide) groups is 1. The van der Waals surface area contributed by atoms with Gasteiger partial charge in [0.2, 0.25) is 4.96 Å². The van der Waals surface area contributed by atoms with Crippen molar-refractivity contribution in [2.45, 2.75) is 11.4 Å². The van der Waals surface area contributed by atoms with E-state index >= 15 is 0 Å². The third kappa shape index (κ3) is 5.38. The minimum absolute atomic E-state index is 0.0959. The van der Waals surface area contributed by atoms with Gasteiger partial charge in [-0.1, -0.05) is 17.4 Å². The molecule has 1 N–H and O–H groups in total. The molecular formula is C25H26N6O3S2. The van der Waals surface area contributed by atoms with Crippen molar-refractivity contribution in [2.75, 3.05) is 44.9 Å². The molecule has 0 saturated carbocycles. The number of piperazine rings is 1. The molecule has 1 saturated heterocycles. The van der Waals surface area contributed by atoms with Gasteiger partial charge < -0.3 is 15.0 Å². The maximum Gasteiger partial charge on any atom is 0.321 e. The van der Waals surface area contributed by atoms with Gasteiger partial charge in [0.05, 0.1) is 12.8 Å². The van der Waals surface area contributed by atoms with Crippen molar-refractivity contribution in [1.29, 1.82) is 0 Å². The molecule has 2 aromatic heterocycles. The van der Waals surface area contributed by atoms with Gasteiger partial charge >= 0.3 is 6.03 Å². The van der Waals surface area contributed by atoms with E-state index in [0.717, 1.165) is 26.9 Å². The second-order valence-electron chi connectivity index (χ2n) is 8.34. The van der Waals surface area contributed by atoms with Crippen molar-refractivity contribution in [1.82, 2.24) is 24.4 Å². The van der Waals surface area contributed by atoms with E-state index in [-0.39, 0.29) is 11.6 Å². The fourth-order valence-electron chi connectivity index (χ4n) is 4.03. The molecule has 4 aromatic rings. The van der Waals surface area contributed by atoms with Crippen LogP contribution in [0.25, 0.3) is 15.5 Å². The highest BCUT2D eigenvalue weighted by atomic mass is 32.2. The zero-order chi connectivity index (χ0) is 25.1. The number of fused-ring (bicyclic) bond motifs is 1. The van der Waals surface area contributed by atoms with Crippen LogP contribution in [0.4, 0.5) is 10.5 Å². The normalized spacial score (nSPS) is 14.2. The Morgan fingerprint density at radius 3 is 2.61 bits per heavy atom. The van der Waals surface area contributed by atoms with Crippen LogP contribution >= 0.6 is 23.1 Å². The summed E-state index contributed by atoms with van der Waals surface area (Å²) in [6, 6.07) is 16.8. The average molecular weight is 523 g/mol. The number of anilines is 1. The Labute approximate surface area is 216 Å². The summed E-state index contributed by atoms with van der Waals surface area (Å²) < 4.78 is 6.56. The van der Waals surface area contributed by atoms with Gasteiger partial charge in [-0.15, -0.1) is 11.8 Å². The summed E-state index contributed by atoms with van der Waals surface area (Å²) in [5, 5.41) is 8.16. The van der Waals surface area contributed by atoms with Gasteiger partial charge in [-0.05, 0) is 48.7 Å². The molecule has 0 unspecified atom stereocenters. The Morgan fingerprint density at radius 2 is 1.89 bits per heavy atom. The van der Waals surface area contributed by atoms with E-state index in [2.05, 4.69) is 15.3 Å². The third-order valence-electron chi connectivity index (χ3n) is 6.00. The molecule has 0 spiro atoms. The Morgan fingerprint density at radius 1 is 1.11 bits per heavy atom. The summed E-state index contributed by atoms with van der Waals surface area (Å²) in [6.45, 7) is 3.18. The van der Waals surface area contributed by atoms with E-state index in [1.807, 2.05) is 59.7 Å². The summed E-state index contributed by atoms with van der Waals surface area (Å²) in [6.07, 6.45) is 2.01. The first-order valence-corrected chi connectivity index (χ1v) is 13.5. The number of ether oxygens (including phenoxy) is 1. The fourth-order valence-corrected chi connectivity index (χ4v) is 5.42. The fraction of sp³-hybridized carbons (Fsp3) is 0.280. The number of urea groups is 1. The molecular weight excluding hydrogens is 496 g/mol. The third-order valence-corrected chi connectivity index (χ3v) is 7.68. The minimum atomic E-state index is -0.198. The number of carbonyl (C=O) groups excluding carboxylic acids is 1. The number of rotatable bonds is 6. The molecule has 0 bridgehead atoms. The number of amides is 2. The van der Waals surface area contributed by atoms with Crippen LogP contribution in [0.2, 0.25) is 0 Å². The number of nitrogens with one attached hydrogen (secondary N) is 1. The maximum atomic E-state index is 12.7. The van der Waals surface area contributed by atoms with Crippen LogP contribution in [0.15, 0.2) is 64.3 Å². The Hall–Kier alpha value is -3.41. The lowest BCUT2D eigenvalue weighted by Gasteiger charge is -2.34. The van der Waals surface area contributed by atoms with Crippen molar-refractivity contribution in [3.63, 3.8) is 0 Å². The van der Waals surface area contributed by atoms with Gasteiger partial charge in [-0.25, -0.2) is 9.78 Å². The summed E-state index contributed by atoms with van der Waals surface area (Å²) in [5.74, 6) is 0.764. The topological polar surface area (TPSA) is 92.1 Å². The lowest BCUT2D eigenvalue weighted by atomic mass is 10.2. The van der Waals surface area contributed by atoms with Crippen molar-refractivity contribution in [3.8, 4) is 16.3 Å². The molecule has 9 nitrogen and oxygen atoms in total. The van der Waals surface area contributed by atoms with Gasteiger partial charge in [-0.2, -0.15) is 9.61 Å². The van der Waals surface area contributed by atoms with Crippen molar-refractivity contribution >= 4 is 39.8 Å². The summed E-state index contributed by atoms with van der Waals surface area (Å²) in [4.78, 5) is 35.8. The predicted octanol–water partition coefficient (Wildman–Crippen LogP) is 3.90. The zero-order valence-corrected chi connectivity index (χ0v) is 21.6. The minimum Gasteiger partial charge on any atom is -0.497 e. The molecule has 5 rings (SSSR count). The highest BCUT2D eigenvalue weighted by molar-refractivity contribution is 7.98. The van der Waals surface area contributed by atoms with E-state index in [9.17, 15) is 9.59 Å². The van der Waals surface area contributed by atoms with E-state index in [1.165, 1.54) is 15.9 Å².